The Labute approximate surface area is 142 Å². The molecule has 0 aromatic rings. The molecule has 3 aliphatic rings. The van der Waals surface area contributed by atoms with Crippen LogP contribution in [0.2, 0.25) is 0 Å². The predicted molar refractivity (Wildman–Crippen MR) is 86.2 cm³/mol. The molecule has 0 amide bonds. The molecule has 134 valence electrons. The SMILES string of the molecule is C/C=C1\C[C@@H](C)[C@@](C)(O)C(=O)OC[C@@H]2CC[NH+]3CC[C@@H](OC1=O)[C@H]23. The number of ether oxygens (including phenoxy) is 2. The molecule has 0 radical (unpaired) electrons. The summed E-state index contributed by atoms with van der Waals surface area (Å²) >= 11 is 0. The van der Waals surface area contributed by atoms with Crippen molar-refractivity contribution in [2.45, 2.75) is 57.8 Å². The van der Waals surface area contributed by atoms with E-state index in [4.69, 9.17) is 9.47 Å². The van der Waals surface area contributed by atoms with E-state index in [-0.39, 0.29) is 30.5 Å². The number of cyclic esters (lactones) is 1. The first kappa shape index (κ1) is 17.4. The van der Waals surface area contributed by atoms with Gasteiger partial charge in [-0.3, -0.25) is 0 Å². The summed E-state index contributed by atoms with van der Waals surface area (Å²) < 4.78 is 11.3. The zero-order chi connectivity index (χ0) is 17.5. The molecule has 0 bridgehead atoms. The van der Waals surface area contributed by atoms with Crippen molar-refractivity contribution in [3.63, 3.8) is 0 Å². The average Bonchev–Trinajstić information content (AvgIpc) is 3.12. The third-order valence-electron chi connectivity index (χ3n) is 6.16. The predicted octanol–water partition coefficient (Wildman–Crippen LogP) is -0.144. The van der Waals surface area contributed by atoms with Gasteiger partial charge in [-0.2, -0.15) is 0 Å². The van der Waals surface area contributed by atoms with E-state index in [9.17, 15) is 14.7 Å². The maximum Gasteiger partial charge on any atom is 0.338 e. The van der Waals surface area contributed by atoms with E-state index in [1.54, 1.807) is 19.9 Å². The molecule has 1 unspecified atom stereocenters. The van der Waals surface area contributed by atoms with Crippen LogP contribution in [0.4, 0.5) is 0 Å². The Balaban J connectivity index is 1.89. The third-order valence-corrected chi connectivity index (χ3v) is 6.16. The highest BCUT2D eigenvalue weighted by Crippen LogP contribution is 2.30. The van der Waals surface area contributed by atoms with Gasteiger partial charge >= 0.3 is 11.9 Å². The van der Waals surface area contributed by atoms with Crippen molar-refractivity contribution in [3.8, 4) is 0 Å². The summed E-state index contributed by atoms with van der Waals surface area (Å²) in [6.07, 6.45) is 3.71. The highest BCUT2D eigenvalue weighted by atomic mass is 16.6. The number of hydrogen-bond acceptors (Lipinski definition) is 5. The van der Waals surface area contributed by atoms with Crippen LogP contribution in [0.5, 0.6) is 0 Å². The van der Waals surface area contributed by atoms with Crippen LogP contribution in [0, 0.1) is 11.8 Å². The number of carbonyl (C=O) groups excluding carboxylic acids is 2. The van der Waals surface area contributed by atoms with Gasteiger partial charge in [0.25, 0.3) is 0 Å². The topological polar surface area (TPSA) is 77.3 Å². The Hall–Kier alpha value is -1.40. The number of allylic oxidation sites excluding steroid dienone is 1. The molecule has 0 saturated carbocycles. The zero-order valence-corrected chi connectivity index (χ0v) is 14.7. The van der Waals surface area contributed by atoms with E-state index in [2.05, 4.69) is 0 Å². The summed E-state index contributed by atoms with van der Waals surface area (Å²) in [7, 11) is 0. The average molecular weight is 338 g/mol. The van der Waals surface area contributed by atoms with Gasteiger partial charge in [0.05, 0.1) is 19.0 Å². The van der Waals surface area contributed by atoms with Crippen LogP contribution in [-0.4, -0.2) is 54.5 Å². The smallest absolute Gasteiger partial charge is 0.338 e. The van der Waals surface area contributed by atoms with Gasteiger partial charge in [-0.15, -0.1) is 0 Å². The minimum atomic E-state index is -1.62. The summed E-state index contributed by atoms with van der Waals surface area (Å²) in [4.78, 5) is 26.4. The van der Waals surface area contributed by atoms with Crippen LogP contribution >= 0.6 is 0 Å². The molecule has 0 aliphatic carbocycles. The summed E-state index contributed by atoms with van der Waals surface area (Å²) in [5, 5.41) is 10.6. The van der Waals surface area contributed by atoms with E-state index in [0.717, 1.165) is 25.9 Å². The Morgan fingerprint density at radius 1 is 1.29 bits per heavy atom. The first-order chi connectivity index (χ1) is 11.3. The first-order valence-electron chi connectivity index (χ1n) is 8.95. The lowest BCUT2D eigenvalue weighted by Crippen LogP contribution is -3.12. The maximum absolute atomic E-state index is 12.6. The van der Waals surface area contributed by atoms with E-state index in [1.807, 2.05) is 0 Å². The van der Waals surface area contributed by atoms with Gasteiger partial charge in [-0.1, -0.05) is 13.0 Å². The van der Waals surface area contributed by atoms with Crippen LogP contribution < -0.4 is 4.90 Å². The lowest BCUT2D eigenvalue weighted by atomic mass is 9.85. The van der Waals surface area contributed by atoms with E-state index >= 15 is 0 Å². The minimum absolute atomic E-state index is 0.108. The van der Waals surface area contributed by atoms with Crippen LogP contribution in [0.1, 0.15) is 40.0 Å². The number of quaternary nitrogens is 1. The monoisotopic (exact) mass is 338 g/mol. The molecule has 6 nitrogen and oxygen atoms in total. The van der Waals surface area contributed by atoms with Crippen LogP contribution in [-0.2, 0) is 19.1 Å². The van der Waals surface area contributed by atoms with Gasteiger partial charge in [0, 0.05) is 18.4 Å². The molecule has 3 aliphatic heterocycles. The number of hydrogen-bond donors (Lipinski definition) is 2. The summed E-state index contributed by atoms with van der Waals surface area (Å²) in [6, 6.07) is 0.196. The summed E-state index contributed by atoms with van der Waals surface area (Å²) in [6.45, 7) is 7.31. The van der Waals surface area contributed by atoms with Crippen LogP contribution in [0.15, 0.2) is 11.6 Å². The summed E-state index contributed by atoms with van der Waals surface area (Å²) in [5.41, 5.74) is -1.10. The number of nitrogens with one attached hydrogen (secondary N) is 1. The van der Waals surface area contributed by atoms with Gasteiger partial charge < -0.3 is 19.5 Å². The Morgan fingerprint density at radius 3 is 2.71 bits per heavy atom. The maximum atomic E-state index is 12.6. The lowest BCUT2D eigenvalue weighted by Gasteiger charge is -2.31. The quantitative estimate of drug-likeness (QED) is 0.475. The number of carbonyl (C=O) groups is 2. The number of rotatable bonds is 0. The summed E-state index contributed by atoms with van der Waals surface area (Å²) in [5.74, 6) is -1.16. The highest BCUT2D eigenvalue weighted by molar-refractivity contribution is 5.89. The van der Waals surface area contributed by atoms with Crippen molar-refractivity contribution >= 4 is 11.9 Å². The van der Waals surface area contributed by atoms with Gasteiger partial charge in [0.2, 0.25) is 0 Å². The molecule has 3 rings (SSSR count). The molecule has 0 spiro atoms. The fraction of sp³-hybridized carbons (Fsp3) is 0.778. The van der Waals surface area contributed by atoms with E-state index in [1.165, 1.54) is 11.8 Å². The van der Waals surface area contributed by atoms with Gasteiger partial charge in [-0.05, 0) is 26.2 Å². The minimum Gasteiger partial charge on any atom is -0.463 e. The van der Waals surface area contributed by atoms with Crippen molar-refractivity contribution in [3.05, 3.63) is 11.6 Å². The molecule has 0 aromatic heterocycles. The molecule has 3 fully saturated rings. The molecule has 3 heterocycles. The molecule has 6 heteroatoms. The Kier molecular flexibility index (Phi) is 4.71. The molecular weight excluding hydrogens is 310 g/mol. The van der Waals surface area contributed by atoms with Gasteiger partial charge in [-0.25, -0.2) is 9.59 Å². The normalized spacial score (nSPS) is 45.2. The first-order valence-corrected chi connectivity index (χ1v) is 8.95. The Morgan fingerprint density at radius 2 is 2.00 bits per heavy atom. The third kappa shape index (κ3) is 2.97. The van der Waals surface area contributed by atoms with Crippen LogP contribution in [0.25, 0.3) is 0 Å². The second-order valence-electron chi connectivity index (χ2n) is 7.63. The second-order valence-corrected chi connectivity index (χ2v) is 7.63. The second kappa shape index (κ2) is 6.48. The highest BCUT2D eigenvalue weighted by Gasteiger charge is 2.51. The Bertz CT molecular complexity index is 556. The van der Waals surface area contributed by atoms with Crippen LogP contribution in [0.3, 0.4) is 0 Å². The fourth-order valence-corrected chi connectivity index (χ4v) is 4.33. The van der Waals surface area contributed by atoms with Crippen molar-refractivity contribution in [1.82, 2.24) is 0 Å². The molecular formula is C18H28NO5+. The van der Waals surface area contributed by atoms with Crippen molar-refractivity contribution in [2.24, 2.45) is 11.8 Å². The van der Waals surface area contributed by atoms with Crippen molar-refractivity contribution < 1.29 is 29.1 Å². The largest absolute Gasteiger partial charge is 0.463 e. The lowest BCUT2D eigenvalue weighted by molar-refractivity contribution is -0.902. The molecule has 6 atom stereocenters. The van der Waals surface area contributed by atoms with Gasteiger partial charge in [0.15, 0.2) is 11.7 Å². The van der Waals surface area contributed by atoms with Crippen molar-refractivity contribution in [1.29, 1.82) is 0 Å². The number of esters is 2. The van der Waals surface area contributed by atoms with Gasteiger partial charge in [0.1, 0.15) is 12.6 Å². The fourth-order valence-electron chi connectivity index (χ4n) is 4.33. The van der Waals surface area contributed by atoms with E-state index < -0.39 is 17.5 Å². The molecule has 24 heavy (non-hydrogen) atoms. The molecule has 2 N–H and O–H groups in total. The number of aliphatic hydroxyl groups is 1. The van der Waals surface area contributed by atoms with E-state index in [0.29, 0.717) is 12.2 Å². The molecule has 3 saturated heterocycles. The van der Waals surface area contributed by atoms with Crippen molar-refractivity contribution in [2.75, 3.05) is 19.7 Å². The zero-order valence-electron chi connectivity index (χ0n) is 14.7. The standard InChI is InChI=1S/C18H27NO5/c1-4-12-9-11(2)18(3,22)17(21)23-10-13-5-7-19-8-6-14(15(13)19)24-16(12)20/h4,11,13-15,22H,5-10H2,1-3H3/p+1/b12-4+/t11-,13+,14-,15+,18-/m1/s1. The molecule has 0 aromatic carbocycles.